The van der Waals surface area contributed by atoms with Crippen LogP contribution in [0.15, 0.2) is 53.4 Å². The molecule has 2 N–H and O–H groups in total. The Labute approximate surface area is 106 Å². The lowest BCUT2D eigenvalue weighted by Gasteiger charge is -2.04. The summed E-state index contributed by atoms with van der Waals surface area (Å²) in [6.07, 6.45) is 0. The van der Waals surface area contributed by atoms with Crippen LogP contribution in [0.1, 0.15) is 5.56 Å². The first-order valence-electron chi connectivity index (χ1n) is 5.39. The highest BCUT2D eigenvalue weighted by molar-refractivity contribution is 7.98. The van der Waals surface area contributed by atoms with Crippen LogP contribution in [0.4, 0.5) is 5.69 Å². The molecule has 0 aliphatic rings. The zero-order valence-electron chi connectivity index (χ0n) is 9.72. The number of hydrogen-bond acceptors (Lipinski definition) is 3. The van der Waals surface area contributed by atoms with E-state index in [0.717, 1.165) is 17.2 Å². The molecule has 2 aromatic rings. The van der Waals surface area contributed by atoms with E-state index < -0.39 is 0 Å². The Balaban J connectivity index is 1.99. The molecule has 0 aromatic heterocycles. The second-order valence-corrected chi connectivity index (χ2v) is 4.76. The minimum Gasteiger partial charge on any atom is -0.497 e. The number of anilines is 1. The van der Waals surface area contributed by atoms with Gasteiger partial charge in [0.1, 0.15) is 5.75 Å². The predicted molar refractivity (Wildman–Crippen MR) is 73.4 cm³/mol. The Morgan fingerprint density at radius 2 is 1.88 bits per heavy atom. The average molecular weight is 245 g/mol. The molecule has 0 atom stereocenters. The molecule has 3 heteroatoms. The van der Waals surface area contributed by atoms with Crippen LogP contribution in [0.2, 0.25) is 0 Å². The van der Waals surface area contributed by atoms with E-state index in [9.17, 15) is 0 Å². The quantitative estimate of drug-likeness (QED) is 0.660. The van der Waals surface area contributed by atoms with E-state index in [1.165, 1.54) is 10.5 Å². The van der Waals surface area contributed by atoms with Crippen LogP contribution in [0.5, 0.6) is 5.75 Å². The van der Waals surface area contributed by atoms with Crippen molar-refractivity contribution in [2.24, 2.45) is 0 Å². The molecule has 0 saturated heterocycles. The SMILES string of the molecule is COc1cccc(SCc2ccc(N)cc2)c1. The maximum atomic E-state index is 5.65. The Kier molecular flexibility index (Phi) is 3.94. The molecule has 0 radical (unpaired) electrons. The molecule has 2 rings (SSSR count). The highest BCUT2D eigenvalue weighted by Crippen LogP contribution is 2.26. The van der Waals surface area contributed by atoms with Crippen molar-refractivity contribution in [2.75, 3.05) is 12.8 Å². The maximum absolute atomic E-state index is 5.65. The summed E-state index contributed by atoms with van der Waals surface area (Å²) in [5.74, 6) is 1.83. The largest absolute Gasteiger partial charge is 0.497 e. The average Bonchev–Trinajstić information content (AvgIpc) is 2.38. The second-order valence-electron chi connectivity index (χ2n) is 3.71. The molecule has 0 amide bonds. The number of nitrogen functional groups attached to an aromatic ring is 1. The summed E-state index contributed by atoms with van der Waals surface area (Å²) in [5, 5.41) is 0. The first kappa shape index (κ1) is 11.9. The van der Waals surface area contributed by atoms with E-state index in [0.29, 0.717) is 0 Å². The number of thioether (sulfide) groups is 1. The van der Waals surface area contributed by atoms with Gasteiger partial charge in [-0.1, -0.05) is 18.2 Å². The molecular formula is C14H15NOS. The zero-order valence-corrected chi connectivity index (χ0v) is 10.5. The van der Waals surface area contributed by atoms with Gasteiger partial charge in [0.25, 0.3) is 0 Å². The monoisotopic (exact) mass is 245 g/mol. The van der Waals surface area contributed by atoms with Crippen molar-refractivity contribution in [3.8, 4) is 5.75 Å². The van der Waals surface area contributed by atoms with E-state index in [1.54, 1.807) is 18.9 Å². The van der Waals surface area contributed by atoms with E-state index in [2.05, 4.69) is 18.2 Å². The first-order chi connectivity index (χ1) is 8.28. The van der Waals surface area contributed by atoms with Crippen LogP contribution < -0.4 is 10.5 Å². The molecule has 0 spiro atoms. The van der Waals surface area contributed by atoms with Crippen LogP contribution in [0.25, 0.3) is 0 Å². The fraction of sp³-hybridized carbons (Fsp3) is 0.143. The molecule has 0 unspecified atom stereocenters. The van der Waals surface area contributed by atoms with Gasteiger partial charge in [-0.05, 0) is 35.9 Å². The summed E-state index contributed by atoms with van der Waals surface area (Å²) >= 11 is 1.79. The van der Waals surface area contributed by atoms with Crippen LogP contribution in [-0.4, -0.2) is 7.11 Å². The third kappa shape index (κ3) is 3.43. The number of methoxy groups -OCH3 is 1. The summed E-state index contributed by atoms with van der Waals surface area (Å²) in [6.45, 7) is 0. The summed E-state index contributed by atoms with van der Waals surface area (Å²) in [7, 11) is 1.68. The van der Waals surface area contributed by atoms with Gasteiger partial charge < -0.3 is 10.5 Å². The molecule has 0 aliphatic carbocycles. The Morgan fingerprint density at radius 3 is 2.59 bits per heavy atom. The first-order valence-corrected chi connectivity index (χ1v) is 6.38. The van der Waals surface area contributed by atoms with Crippen molar-refractivity contribution in [1.29, 1.82) is 0 Å². The number of hydrogen-bond donors (Lipinski definition) is 1. The van der Waals surface area contributed by atoms with Crippen LogP contribution >= 0.6 is 11.8 Å². The summed E-state index contributed by atoms with van der Waals surface area (Å²) in [5.41, 5.74) is 7.72. The standard InChI is InChI=1S/C14H15NOS/c1-16-13-3-2-4-14(9-13)17-10-11-5-7-12(15)8-6-11/h2-9H,10,15H2,1H3. The van der Waals surface area contributed by atoms with Crippen molar-refractivity contribution in [2.45, 2.75) is 10.6 Å². The van der Waals surface area contributed by atoms with Crippen molar-refractivity contribution in [3.05, 3.63) is 54.1 Å². The highest BCUT2D eigenvalue weighted by Gasteiger charge is 1.98. The second kappa shape index (κ2) is 5.64. The highest BCUT2D eigenvalue weighted by atomic mass is 32.2. The number of nitrogens with two attached hydrogens (primary N) is 1. The van der Waals surface area contributed by atoms with E-state index in [1.807, 2.05) is 30.3 Å². The smallest absolute Gasteiger partial charge is 0.119 e. The fourth-order valence-electron chi connectivity index (χ4n) is 1.47. The molecule has 17 heavy (non-hydrogen) atoms. The fourth-order valence-corrected chi connectivity index (χ4v) is 2.37. The Bertz CT molecular complexity index is 482. The molecule has 0 aliphatic heterocycles. The van der Waals surface area contributed by atoms with E-state index >= 15 is 0 Å². The Morgan fingerprint density at radius 1 is 1.12 bits per heavy atom. The predicted octanol–water partition coefficient (Wildman–Crippen LogP) is 3.57. The van der Waals surface area contributed by atoms with Crippen molar-refractivity contribution < 1.29 is 4.74 Å². The number of benzene rings is 2. The summed E-state index contributed by atoms with van der Waals surface area (Å²) < 4.78 is 5.19. The summed E-state index contributed by atoms with van der Waals surface area (Å²) in [6, 6.07) is 16.1. The van der Waals surface area contributed by atoms with E-state index in [-0.39, 0.29) is 0 Å². The van der Waals surface area contributed by atoms with Gasteiger partial charge >= 0.3 is 0 Å². The summed E-state index contributed by atoms with van der Waals surface area (Å²) in [4.78, 5) is 1.21. The third-order valence-corrected chi connectivity index (χ3v) is 3.49. The van der Waals surface area contributed by atoms with Gasteiger partial charge in [-0.15, -0.1) is 11.8 Å². The lowest BCUT2D eigenvalue weighted by Crippen LogP contribution is -1.86. The zero-order chi connectivity index (χ0) is 12.1. The molecule has 0 fully saturated rings. The van der Waals surface area contributed by atoms with Gasteiger partial charge in [0.15, 0.2) is 0 Å². The van der Waals surface area contributed by atoms with Crippen LogP contribution in [0.3, 0.4) is 0 Å². The Hall–Kier alpha value is -1.61. The topological polar surface area (TPSA) is 35.2 Å². The normalized spacial score (nSPS) is 10.2. The van der Waals surface area contributed by atoms with E-state index in [4.69, 9.17) is 10.5 Å². The van der Waals surface area contributed by atoms with Crippen molar-refractivity contribution >= 4 is 17.4 Å². The van der Waals surface area contributed by atoms with Gasteiger partial charge in [0.2, 0.25) is 0 Å². The van der Waals surface area contributed by atoms with Crippen molar-refractivity contribution in [3.63, 3.8) is 0 Å². The molecular weight excluding hydrogens is 230 g/mol. The van der Waals surface area contributed by atoms with Crippen LogP contribution in [0, 0.1) is 0 Å². The lowest BCUT2D eigenvalue weighted by atomic mass is 10.2. The molecule has 0 heterocycles. The third-order valence-electron chi connectivity index (χ3n) is 2.43. The molecule has 2 aromatic carbocycles. The van der Waals surface area contributed by atoms with Gasteiger partial charge in [-0.3, -0.25) is 0 Å². The number of rotatable bonds is 4. The lowest BCUT2D eigenvalue weighted by molar-refractivity contribution is 0.413. The van der Waals surface area contributed by atoms with Gasteiger partial charge in [0.05, 0.1) is 7.11 Å². The minimum absolute atomic E-state index is 0.806. The molecule has 88 valence electrons. The van der Waals surface area contributed by atoms with Gasteiger partial charge in [-0.25, -0.2) is 0 Å². The molecule has 2 nitrogen and oxygen atoms in total. The molecule has 0 bridgehead atoms. The maximum Gasteiger partial charge on any atom is 0.119 e. The van der Waals surface area contributed by atoms with Crippen LogP contribution in [-0.2, 0) is 5.75 Å². The van der Waals surface area contributed by atoms with Gasteiger partial charge in [0, 0.05) is 16.3 Å². The number of ether oxygens (including phenoxy) is 1. The van der Waals surface area contributed by atoms with Crippen molar-refractivity contribution in [1.82, 2.24) is 0 Å². The van der Waals surface area contributed by atoms with Gasteiger partial charge in [-0.2, -0.15) is 0 Å². The molecule has 0 saturated carbocycles. The minimum atomic E-state index is 0.806.